The summed E-state index contributed by atoms with van der Waals surface area (Å²) >= 11 is 0. The predicted molar refractivity (Wildman–Crippen MR) is 227 cm³/mol. The van der Waals surface area contributed by atoms with Crippen LogP contribution in [-0.4, -0.2) is 9.55 Å². The van der Waals surface area contributed by atoms with Gasteiger partial charge in [0, 0.05) is 16.7 Å². The predicted octanol–water partition coefficient (Wildman–Crippen LogP) is 13.8. The van der Waals surface area contributed by atoms with E-state index in [4.69, 9.17) is 4.98 Å². The van der Waals surface area contributed by atoms with Crippen LogP contribution in [0.5, 0.6) is 0 Å². The van der Waals surface area contributed by atoms with E-state index in [0.717, 1.165) is 28.1 Å². The summed E-state index contributed by atoms with van der Waals surface area (Å²) in [6.07, 6.45) is 0. The number of para-hydroxylation sites is 3. The van der Waals surface area contributed by atoms with Crippen LogP contribution in [-0.2, 0) is 5.41 Å². The van der Waals surface area contributed by atoms with Gasteiger partial charge in [0.25, 0.3) is 0 Å². The Morgan fingerprint density at radius 1 is 0.426 bits per heavy atom. The van der Waals surface area contributed by atoms with Crippen molar-refractivity contribution in [3.05, 3.63) is 193 Å². The summed E-state index contributed by atoms with van der Waals surface area (Å²) in [5, 5.41) is 7.56. The van der Waals surface area contributed by atoms with Crippen LogP contribution in [0.25, 0.3) is 93.8 Å². The highest BCUT2D eigenvalue weighted by atomic mass is 15.1. The molecular formula is C52H36N2. The Balaban J connectivity index is 1.26. The topological polar surface area (TPSA) is 17.8 Å². The summed E-state index contributed by atoms with van der Waals surface area (Å²) in [7, 11) is 0. The summed E-state index contributed by atoms with van der Waals surface area (Å²) in [5.41, 5.74) is 14.5. The minimum atomic E-state index is -0.127. The van der Waals surface area contributed by atoms with Gasteiger partial charge in [-0.2, -0.15) is 0 Å². The minimum absolute atomic E-state index is 0.127. The lowest BCUT2D eigenvalue weighted by atomic mass is 9.79. The Kier molecular flexibility index (Phi) is 6.63. The second-order valence-electron chi connectivity index (χ2n) is 15.1. The fraction of sp³-hybridized carbons (Fsp3) is 0.0577. The summed E-state index contributed by atoms with van der Waals surface area (Å²) in [6, 6.07) is 66.6. The zero-order valence-corrected chi connectivity index (χ0v) is 30.2. The Bertz CT molecular complexity index is 3120. The Labute approximate surface area is 314 Å². The number of benzene rings is 9. The molecule has 0 atom stereocenters. The van der Waals surface area contributed by atoms with Crippen LogP contribution in [0.4, 0.5) is 0 Å². The molecule has 0 spiro atoms. The number of nitrogens with zero attached hydrogens (tertiary/aromatic N) is 2. The zero-order chi connectivity index (χ0) is 36.0. The maximum atomic E-state index is 5.25. The van der Waals surface area contributed by atoms with Gasteiger partial charge < -0.3 is 0 Å². The maximum absolute atomic E-state index is 5.25. The van der Waals surface area contributed by atoms with Crippen molar-refractivity contribution in [1.82, 2.24) is 9.55 Å². The van der Waals surface area contributed by atoms with Crippen molar-refractivity contribution in [1.29, 1.82) is 0 Å². The van der Waals surface area contributed by atoms with E-state index < -0.39 is 0 Å². The lowest BCUT2D eigenvalue weighted by Crippen LogP contribution is -2.14. The van der Waals surface area contributed by atoms with Crippen molar-refractivity contribution >= 4 is 43.4 Å². The van der Waals surface area contributed by atoms with Crippen molar-refractivity contribution in [3.63, 3.8) is 0 Å². The number of rotatable bonds is 4. The second kappa shape index (κ2) is 11.6. The third kappa shape index (κ3) is 4.44. The van der Waals surface area contributed by atoms with Crippen LogP contribution in [0, 0.1) is 0 Å². The molecule has 1 aliphatic carbocycles. The molecule has 0 N–H and O–H groups in total. The largest absolute Gasteiger partial charge is 0.292 e. The van der Waals surface area contributed by atoms with Gasteiger partial charge in [-0.3, -0.25) is 4.57 Å². The van der Waals surface area contributed by atoms with Crippen LogP contribution in [0.2, 0.25) is 0 Å². The first kappa shape index (κ1) is 30.8. The highest BCUT2D eigenvalue weighted by Crippen LogP contribution is 2.53. The van der Waals surface area contributed by atoms with Gasteiger partial charge in [-0.1, -0.05) is 153 Å². The Hall–Kier alpha value is -6.77. The SMILES string of the molecule is CC1(C)c2ccccc2-c2cc3c(-c4cccc(-c5nc6ccccc6n5-c5ccccc5)c4)c4ccccc4c(-c4cccc5ccccc45)c3cc21. The van der Waals surface area contributed by atoms with Gasteiger partial charge in [-0.05, 0) is 119 Å². The molecule has 0 aliphatic heterocycles. The molecule has 254 valence electrons. The monoisotopic (exact) mass is 688 g/mol. The molecule has 1 heterocycles. The Morgan fingerprint density at radius 3 is 1.93 bits per heavy atom. The van der Waals surface area contributed by atoms with Crippen LogP contribution in [0.15, 0.2) is 182 Å². The Morgan fingerprint density at radius 2 is 1.06 bits per heavy atom. The van der Waals surface area contributed by atoms with Crippen LogP contribution in [0.1, 0.15) is 25.0 Å². The van der Waals surface area contributed by atoms with Gasteiger partial charge in [-0.25, -0.2) is 4.98 Å². The molecular weight excluding hydrogens is 653 g/mol. The normalized spacial score (nSPS) is 13.1. The fourth-order valence-electron chi connectivity index (χ4n) is 9.29. The molecule has 1 aromatic heterocycles. The lowest BCUT2D eigenvalue weighted by molar-refractivity contribution is 0.661. The first-order valence-electron chi connectivity index (χ1n) is 18.8. The molecule has 0 radical (unpaired) electrons. The third-order valence-electron chi connectivity index (χ3n) is 11.8. The van der Waals surface area contributed by atoms with Gasteiger partial charge in [0.05, 0.1) is 11.0 Å². The van der Waals surface area contributed by atoms with E-state index in [0.29, 0.717) is 0 Å². The van der Waals surface area contributed by atoms with Crippen molar-refractivity contribution < 1.29 is 0 Å². The smallest absolute Gasteiger partial charge is 0.145 e. The van der Waals surface area contributed by atoms with Gasteiger partial charge in [0.1, 0.15) is 5.82 Å². The molecule has 0 saturated heterocycles. The first-order valence-corrected chi connectivity index (χ1v) is 18.8. The van der Waals surface area contributed by atoms with E-state index in [1.165, 1.54) is 76.8 Å². The molecule has 10 aromatic rings. The molecule has 0 amide bonds. The van der Waals surface area contributed by atoms with E-state index in [1.54, 1.807) is 0 Å². The highest BCUT2D eigenvalue weighted by Gasteiger charge is 2.36. The summed E-state index contributed by atoms with van der Waals surface area (Å²) < 4.78 is 2.29. The van der Waals surface area contributed by atoms with Gasteiger partial charge in [-0.15, -0.1) is 0 Å². The van der Waals surface area contributed by atoms with Gasteiger partial charge >= 0.3 is 0 Å². The number of imidazole rings is 1. The second-order valence-corrected chi connectivity index (χ2v) is 15.1. The van der Waals surface area contributed by atoms with E-state index >= 15 is 0 Å². The fourth-order valence-corrected chi connectivity index (χ4v) is 9.29. The van der Waals surface area contributed by atoms with Crippen LogP contribution >= 0.6 is 0 Å². The number of aromatic nitrogens is 2. The first-order chi connectivity index (χ1) is 26.6. The van der Waals surface area contributed by atoms with Crippen LogP contribution < -0.4 is 0 Å². The standard InChI is InChI=1S/C52H36N2/c1-52(2)45-27-11-10-23-38(45)42-31-43-44(32-46(42)52)50(39-26-15-17-33-16-6-7-22-37(33)39)41-25-9-8-24-40(41)49(43)34-18-14-19-35(30-34)51-53-47-28-12-13-29-48(47)54(51)36-20-4-3-5-21-36/h3-32H,1-2H3. The molecule has 0 fully saturated rings. The molecule has 0 saturated carbocycles. The number of fused-ring (bicyclic) bond motifs is 7. The highest BCUT2D eigenvalue weighted by molar-refractivity contribution is 6.24. The number of hydrogen-bond donors (Lipinski definition) is 0. The van der Waals surface area contributed by atoms with Crippen molar-refractivity contribution in [2.45, 2.75) is 19.3 Å². The third-order valence-corrected chi connectivity index (χ3v) is 11.8. The van der Waals surface area contributed by atoms with Gasteiger partial charge in [0.15, 0.2) is 0 Å². The maximum Gasteiger partial charge on any atom is 0.145 e. The average molecular weight is 689 g/mol. The number of hydrogen-bond acceptors (Lipinski definition) is 1. The van der Waals surface area contributed by atoms with Gasteiger partial charge in [0.2, 0.25) is 0 Å². The minimum Gasteiger partial charge on any atom is -0.292 e. The van der Waals surface area contributed by atoms with E-state index in [9.17, 15) is 0 Å². The molecule has 11 rings (SSSR count). The molecule has 9 aromatic carbocycles. The molecule has 0 unspecified atom stereocenters. The summed E-state index contributed by atoms with van der Waals surface area (Å²) in [5.74, 6) is 0.932. The van der Waals surface area contributed by atoms with E-state index in [-0.39, 0.29) is 5.41 Å². The summed E-state index contributed by atoms with van der Waals surface area (Å²) in [6.45, 7) is 4.76. The molecule has 54 heavy (non-hydrogen) atoms. The van der Waals surface area contributed by atoms with Crippen molar-refractivity contribution in [3.8, 4) is 50.5 Å². The molecule has 2 heteroatoms. The average Bonchev–Trinajstić information content (AvgIpc) is 3.72. The molecule has 1 aliphatic rings. The van der Waals surface area contributed by atoms with E-state index in [1.807, 2.05) is 0 Å². The molecule has 0 bridgehead atoms. The summed E-state index contributed by atoms with van der Waals surface area (Å²) in [4.78, 5) is 5.25. The lowest BCUT2D eigenvalue weighted by Gasteiger charge is -2.24. The van der Waals surface area contributed by atoms with Crippen molar-refractivity contribution in [2.75, 3.05) is 0 Å². The molecule has 2 nitrogen and oxygen atoms in total. The quantitative estimate of drug-likeness (QED) is 0.168. The zero-order valence-electron chi connectivity index (χ0n) is 30.2. The van der Waals surface area contributed by atoms with Crippen molar-refractivity contribution in [2.24, 2.45) is 0 Å². The van der Waals surface area contributed by atoms with E-state index in [2.05, 4.69) is 200 Å². The van der Waals surface area contributed by atoms with Crippen LogP contribution in [0.3, 0.4) is 0 Å².